The normalized spacial score (nSPS) is 12.4. The molecule has 1 unspecified atom stereocenters. The number of carbonyl (C=O) groups is 1. The fraction of sp³-hybridized carbons (Fsp3) is 0.400. The van der Waals surface area contributed by atoms with Gasteiger partial charge in [0.25, 0.3) is 0 Å². The smallest absolute Gasteiger partial charge is 0.343 e. The second-order valence-corrected chi connectivity index (χ2v) is 5.46. The van der Waals surface area contributed by atoms with Crippen LogP contribution in [-0.4, -0.2) is 46.2 Å². The van der Waals surface area contributed by atoms with Crippen molar-refractivity contribution >= 4 is 5.91 Å². The van der Waals surface area contributed by atoms with Gasteiger partial charge in [0.05, 0.1) is 0 Å². The highest BCUT2D eigenvalue weighted by Gasteiger charge is 2.22. The van der Waals surface area contributed by atoms with E-state index in [9.17, 15) is 14.0 Å². The minimum absolute atomic E-state index is 0.192. The Hall–Kier alpha value is -2.48. The number of halogens is 1. The van der Waals surface area contributed by atoms with Gasteiger partial charge in [-0.2, -0.15) is 5.10 Å². The first-order chi connectivity index (χ1) is 10.9. The van der Waals surface area contributed by atoms with Crippen LogP contribution in [0.5, 0.6) is 0 Å². The number of nitrogens with one attached hydrogen (secondary N) is 2. The Balaban J connectivity index is 2.00. The Morgan fingerprint density at radius 1 is 1.39 bits per heavy atom. The van der Waals surface area contributed by atoms with Gasteiger partial charge in [-0.1, -0.05) is 12.1 Å². The highest BCUT2D eigenvalue weighted by Crippen LogP contribution is 2.18. The lowest BCUT2D eigenvalue weighted by Gasteiger charge is -2.23. The minimum Gasteiger partial charge on any atom is -0.354 e. The average Bonchev–Trinajstić information content (AvgIpc) is 2.81. The van der Waals surface area contributed by atoms with Crippen LogP contribution < -0.4 is 11.0 Å². The van der Waals surface area contributed by atoms with Crippen molar-refractivity contribution in [1.29, 1.82) is 0 Å². The largest absolute Gasteiger partial charge is 0.354 e. The van der Waals surface area contributed by atoms with Gasteiger partial charge in [0.2, 0.25) is 5.91 Å². The maximum atomic E-state index is 13.0. The number of rotatable bonds is 6. The minimum atomic E-state index is -0.515. The van der Waals surface area contributed by atoms with E-state index in [1.165, 1.54) is 16.7 Å². The highest BCUT2D eigenvalue weighted by molar-refractivity contribution is 5.83. The molecule has 0 aliphatic carbocycles. The van der Waals surface area contributed by atoms with E-state index in [1.807, 2.05) is 0 Å². The molecular weight excluding hydrogens is 301 g/mol. The zero-order valence-electron chi connectivity index (χ0n) is 13.3. The van der Waals surface area contributed by atoms with Gasteiger partial charge in [-0.05, 0) is 31.8 Å². The molecule has 1 amide bonds. The van der Waals surface area contributed by atoms with Gasteiger partial charge in [0, 0.05) is 20.0 Å². The third-order valence-electron chi connectivity index (χ3n) is 3.57. The van der Waals surface area contributed by atoms with Crippen LogP contribution in [0.15, 0.2) is 29.1 Å². The van der Waals surface area contributed by atoms with E-state index in [1.54, 1.807) is 38.2 Å². The van der Waals surface area contributed by atoms with Crippen LogP contribution in [0.4, 0.5) is 4.39 Å². The topological polar surface area (TPSA) is 83.0 Å². The molecule has 8 heteroatoms. The van der Waals surface area contributed by atoms with Crippen molar-refractivity contribution in [2.45, 2.75) is 12.5 Å². The van der Waals surface area contributed by atoms with Gasteiger partial charge >= 0.3 is 5.69 Å². The van der Waals surface area contributed by atoms with E-state index < -0.39 is 6.04 Å². The quantitative estimate of drug-likeness (QED) is 0.797. The molecule has 7 nitrogen and oxygen atoms in total. The summed E-state index contributed by atoms with van der Waals surface area (Å²) in [5.41, 5.74) is 0.421. The number of carbonyl (C=O) groups excluding carboxylic acids is 1. The van der Waals surface area contributed by atoms with Crippen LogP contribution in [0.25, 0.3) is 0 Å². The summed E-state index contributed by atoms with van der Waals surface area (Å²) in [5, 5.41) is 9.05. The Labute approximate surface area is 133 Å². The van der Waals surface area contributed by atoms with Gasteiger partial charge in [-0.25, -0.2) is 14.3 Å². The zero-order chi connectivity index (χ0) is 17.0. The van der Waals surface area contributed by atoms with Gasteiger partial charge in [0.1, 0.15) is 17.7 Å². The van der Waals surface area contributed by atoms with Crippen molar-refractivity contribution in [3.05, 3.63) is 52.0 Å². The molecule has 0 saturated carbocycles. The van der Waals surface area contributed by atoms with Crippen molar-refractivity contribution in [3.8, 4) is 0 Å². The van der Waals surface area contributed by atoms with Gasteiger partial charge < -0.3 is 5.32 Å². The molecule has 1 aromatic heterocycles. The van der Waals surface area contributed by atoms with Crippen LogP contribution in [0, 0.1) is 5.82 Å². The second-order valence-electron chi connectivity index (χ2n) is 5.46. The number of aromatic nitrogens is 3. The Morgan fingerprint density at radius 3 is 2.57 bits per heavy atom. The molecule has 23 heavy (non-hydrogen) atoms. The molecular formula is C15H20FN5O2. The molecule has 0 spiro atoms. The predicted octanol–water partition coefficient (Wildman–Crippen LogP) is 0.209. The number of aromatic amines is 1. The van der Waals surface area contributed by atoms with E-state index >= 15 is 0 Å². The third kappa shape index (κ3) is 4.04. The van der Waals surface area contributed by atoms with Crippen molar-refractivity contribution in [2.24, 2.45) is 7.05 Å². The van der Waals surface area contributed by atoms with E-state index in [0.717, 1.165) is 0 Å². The fourth-order valence-electron chi connectivity index (χ4n) is 2.33. The molecule has 1 atom stereocenters. The summed E-state index contributed by atoms with van der Waals surface area (Å²) >= 11 is 0. The highest BCUT2D eigenvalue weighted by atomic mass is 19.1. The maximum absolute atomic E-state index is 13.0. The molecule has 1 aromatic carbocycles. The van der Waals surface area contributed by atoms with Gasteiger partial charge in [0.15, 0.2) is 0 Å². The van der Waals surface area contributed by atoms with Crippen molar-refractivity contribution in [2.75, 3.05) is 20.6 Å². The molecule has 2 N–H and O–H groups in total. The first-order valence-electron chi connectivity index (χ1n) is 7.20. The molecule has 0 radical (unpaired) electrons. The Morgan fingerprint density at radius 2 is 2.04 bits per heavy atom. The summed E-state index contributed by atoms with van der Waals surface area (Å²) in [6.45, 7) is 0.350. The Kier molecular flexibility index (Phi) is 5.28. The van der Waals surface area contributed by atoms with E-state index in [2.05, 4.69) is 15.5 Å². The molecule has 0 aliphatic heterocycles. The molecule has 124 valence electrons. The molecule has 0 bridgehead atoms. The molecule has 2 aromatic rings. The lowest BCUT2D eigenvalue weighted by atomic mass is 10.1. The van der Waals surface area contributed by atoms with Crippen molar-refractivity contribution < 1.29 is 9.18 Å². The SMILES string of the molecule is CN(C)C(C(=O)NCCc1n[nH]c(=O)n1C)c1ccc(F)cc1. The zero-order valence-corrected chi connectivity index (χ0v) is 13.3. The summed E-state index contributed by atoms with van der Waals surface area (Å²) in [5.74, 6) is 0.0340. The summed E-state index contributed by atoms with van der Waals surface area (Å²) in [7, 11) is 5.18. The first kappa shape index (κ1) is 16.9. The van der Waals surface area contributed by atoms with Crippen LogP contribution in [0.2, 0.25) is 0 Å². The number of amides is 1. The summed E-state index contributed by atoms with van der Waals surface area (Å²) in [6.07, 6.45) is 0.435. The first-order valence-corrected chi connectivity index (χ1v) is 7.20. The van der Waals surface area contributed by atoms with Crippen LogP contribution in [0.1, 0.15) is 17.4 Å². The lowest BCUT2D eigenvalue weighted by molar-refractivity contribution is -0.125. The molecule has 0 aliphatic rings. The van der Waals surface area contributed by atoms with Gasteiger partial charge in [-0.15, -0.1) is 0 Å². The average molecular weight is 321 g/mol. The summed E-state index contributed by atoms with van der Waals surface area (Å²) in [4.78, 5) is 25.4. The summed E-state index contributed by atoms with van der Waals surface area (Å²) < 4.78 is 14.4. The van der Waals surface area contributed by atoms with E-state index in [4.69, 9.17) is 0 Å². The number of likely N-dealkylation sites (N-methyl/N-ethyl adjacent to an activating group) is 1. The fourth-order valence-corrected chi connectivity index (χ4v) is 2.33. The Bertz CT molecular complexity index is 720. The van der Waals surface area contributed by atoms with Crippen LogP contribution in [-0.2, 0) is 18.3 Å². The van der Waals surface area contributed by atoms with Gasteiger partial charge in [-0.3, -0.25) is 14.3 Å². The van der Waals surface area contributed by atoms with Crippen LogP contribution in [0.3, 0.4) is 0 Å². The number of hydrogen-bond acceptors (Lipinski definition) is 4. The maximum Gasteiger partial charge on any atom is 0.343 e. The lowest BCUT2D eigenvalue weighted by Crippen LogP contribution is -2.38. The molecule has 2 rings (SSSR count). The molecule has 0 fully saturated rings. The number of benzene rings is 1. The second kappa shape index (κ2) is 7.19. The number of H-pyrrole nitrogens is 1. The summed E-state index contributed by atoms with van der Waals surface area (Å²) in [6, 6.07) is 5.34. The monoisotopic (exact) mass is 321 g/mol. The van der Waals surface area contributed by atoms with E-state index in [0.29, 0.717) is 24.4 Å². The van der Waals surface area contributed by atoms with Crippen LogP contribution >= 0.6 is 0 Å². The molecule has 0 saturated heterocycles. The number of nitrogens with zero attached hydrogens (tertiary/aromatic N) is 3. The third-order valence-corrected chi connectivity index (χ3v) is 3.57. The van der Waals surface area contributed by atoms with Crippen molar-refractivity contribution in [3.63, 3.8) is 0 Å². The van der Waals surface area contributed by atoms with E-state index in [-0.39, 0.29) is 17.4 Å². The predicted molar refractivity (Wildman–Crippen MR) is 83.4 cm³/mol. The van der Waals surface area contributed by atoms with Crippen molar-refractivity contribution in [1.82, 2.24) is 25.0 Å². The molecule has 1 heterocycles. The number of hydrogen-bond donors (Lipinski definition) is 2. The standard InChI is InChI=1S/C15H20FN5O2/c1-20(2)13(10-4-6-11(16)7-5-10)14(22)17-9-8-12-18-19-15(23)21(12)3/h4-7,13H,8-9H2,1-3H3,(H,17,22)(H,19,23).